The smallest absolute Gasteiger partial charge is 0.257 e. The van der Waals surface area contributed by atoms with Crippen molar-refractivity contribution < 1.29 is 4.79 Å². The van der Waals surface area contributed by atoms with Gasteiger partial charge in [-0.15, -0.1) is 22.6 Å². The van der Waals surface area contributed by atoms with Crippen LogP contribution in [-0.4, -0.2) is 55.0 Å². The number of hydrogen-bond donors (Lipinski definition) is 1. The van der Waals surface area contributed by atoms with Crippen molar-refractivity contribution >= 4 is 18.3 Å². The third-order valence-electron chi connectivity index (χ3n) is 6.88. The van der Waals surface area contributed by atoms with Crippen molar-refractivity contribution in [1.82, 2.24) is 34.8 Å². The lowest BCUT2D eigenvalue weighted by Gasteiger charge is -2.32. The number of rotatable bonds is 3. The average Bonchev–Trinajstić information content (AvgIpc) is 3.38. The maximum absolute atomic E-state index is 13.3. The number of amides is 1. The van der Waals surface area contributed by atoms with Gasteiger partial charge in [0.05, 0.1) is 17.8 Å². The van der Waals surface area contributed by atoms with Gasteiger partial charge in [-0.2, -0.15) is 5.10 Å². The Labute approximate surface area is 183 Å². The molecule has 4 heterocycles. The Morgan fingerprint density at radius 2 is 1.80 bits per heavy atom. The second-order valence-corrected chi connectivity index (χ2v) is 8.81. The standard InChI is InChI=1S/C21H31N7O.ClH/c1-26-14-17(19(25-26)15-5-3-2-4-6-15)21(29)27-10-7-16(8-11-27)20-24-23-18-13-22-9-12-28(18)20;/h14-16,22H,2-13H2,1H3;1H. The van der Waals surface area contributed by atoms with Gasteiger partial charge in [-0.3, -0.25) is 9.48 Å². The molecule has 9 heteroatoms. The minimum atomic E-state index is 0. The Hall–Kier alpha value is -1.93. The average molecular weight is 434 g/mol. The molecule has 2 aromatic rings. The first-order valence-corrected chi connectivity index (χ1v) is 11.2. The SMILES string of the molecule is Cl.Cn1cc(C(=O)N2CCC(c3nnc4n3CCNC4)CC2)c(C2CCCCC2)n1. The molecule has 0 aromatic carbocycles. The van der Waals surface area contributed by atoms with Gasteiger partial charge in [-0.05, 0) is 25.7 Å². The van der Waals surface area contributed by atoms with Gasteiger partial charge in [0, 0.05) is 51.3 Å². The van der Waals surface area contributed by atoms with Gasteiger partial charge in [0.25, 0.3) is 5.91 Å². The first kappa shape index (κ1) is 21.3. The van der Waals surface area contributed by atoms with E-state index in [1.165, 1.54) is 19.3 Å². The predicted octanol–water partition coefficient (Wildman–Crippen LogP) is 2.60. The first-order valence-electron chi connectivity index (χ1n) is 11.2. The lowest BCUT2D eigenvalue weighted by atomic mass is 9.85. The number of nitrogens with zero attached hydrogens (tertiary/aromatic N) is 6. The van der Waals surface area contributed by atoms with E-state index in [9.17, 15) is 4.79 Å². The second-order valence-electron chi connectivity index (χ2n) is 8.81. The zero-order chi connectivity index (χ0) is 19.8. The topological polar surface area (TPSA) is 80.9 Å². The third-order valence-corrected chi connectivity index (χ3v) is 6.88. The molecule has 1 amide bonds. The van der Waals surface area contributed by atoms with E-state index in [2.05, 4.69) is 20.1 Å². The summed E-state index contributed by atoms with van der Waals surface area (Å²) < 4.78 is 4.10. The number of likely N-dealkylation sites (tertiary alicyclic amines) is 1. The van der Waals surface area contributed by atoms with E-state index in [0.29, 0.717) is 11.8 Å². The number of nitrogens with one attached hydrogen (secondary N) is 1. The van der Waals surface area contributed by atoms with E-state index in [-0.39, 0.29) is 18.3 Å². The van der Waals surface area contributed by atoms with Crippen molar-refractivity contribution in [3.8, 4) is 0 Å². The van der Waals surface area contributed by atoms with E-state index in [0.717, 1.165) is 81.3 Å². The molecule has 1 saturated heterocycles. The van der Waals surface area contributed by atoms with Crippen LogP contribution in [0, 0.1) is 0 Å². The van der Waals surface area contributed by atoms with E-state index >= 15 is 0 Å². The molecule has 1 aliphatic carbocycles. The Morgan fingerprint density at radius 1 is 1.03 bits per heavy atom. The van der Waals surface area contributed by atoms with Crippen LogP contribution in [0.5, 0.6) is 0 Å². The summed E-state index contributed by atoms with van der Waals surface area (Å²) in [4.78, 5) is 15.4. The highest BCUT2D eigenvalue weighted by atomic mass is 35.5. The largest absolute Gasteiger partial charge is 0.338 e. The summed E-state index contributed by atoms with van der Waals surface area (Å²) in [5.41, 5.74) is 1.85. The summed E-state index contributed by atoms with van der Waals surface area (Å²) in [6, 6.07) is 0. The van der Waals surface area contributed by atoms with Gasteiger partial charge < -0.3 is 14.8 Å². The lowest BCUT2D eigenvalue weighted by Crippen LogP contribution is -2.39. The molecule has 164 valence electrons. The number of hydrogen-bond acceptors (Lipinski definition) is 5. The van der Waals surface area contributed by atoms with Crippen LogP contribution in [0.1, 0.15) is 84.5 Å². The van der Waals surface area contributed by atoms with Crippen molar-refractivity contribution in [3.05, 3.63) is 29.1 Å². The molecule has 1 saturated carbocycles. The number of halogens is 1. The van der Waals surface area contributed by atoms with Gasteiger partial charge in [0.1, 0.15) is 11.6 Å². The van der Waals surface area contributed by atoms with Crippen molar-refractivity contribution in [2.75, 3.05) is 19.6 Å². The molecule has 8 nitrogen and oxygen atoms in total. The Kier molecular flexibility index (Phi) is 6.43. The molecule has 0 radical (unpaired) electrons. The molecule has 3 aliphatic rings. The van der Waals surface area contributed by atoms with Crippen LogP contribution in [0.15, 0.2) is 6.20 Å². The fraction of sp³-hybridized carbons (Fsp3) is 0.714. The predicted molar refractivity (Wildman–Crippen MR) is 116 cm³/mol. The van der Waals surface area contributed by atoms with Crippen LogP contribution in [0.3, 0.4) is 0 Å². The molecule has 0 unspecified atom stereocenters. The highest BCUT2D eigenvalue weighted by Crippen LogP contribution is 2.35. The zero-order valence-corrected chi connectivity index (χ0v) is 18.5. The highest BCUT2D eigenvalue weighted by Gasteiger charge is 2.32. The lowest BCUT2D eigenvalue weighted by molar-refractivity contribution is 0.0708. The maximum atomic E-state index is 13.3. The number of aromatic nitrogens is 5. The number of carbonyl (C=O) groups excluding carboxylic acids is 1. The summed E-state index contributed by atoms with van der Waals surface area (Å²) in [5, 5.41) is 16.9. The molecule has 0 bridgehead atoms. The van der Waals surface area contributed by atoms with Crippen LogP contribution < -0.4 is 5.32 Å². The molecule has 5 rings (SSSR count). The van der Waals surface area contributed by atoms with Crippen LogP contribution in [-0.2, 0) is 20.1 Å². The van der Waals surface area contributed by atoms with Gasteiger partial charge >= 0.3 is 0 Å². The van der Waals surface area contributed by atoms with E-state index in [1.807, 2.05) is 22.8 Å². The molecular weight excluding hydrogens is 402 g/mol. The number of piperidine rings is 1. The second kappa shape index (κ2) is 9.06. The normalized spacial score (nSPS) is 20.6. The number of aryl methyl sites for hydroxylation is 1. The Balaban J connectivity index is 0.00000218. The van der Waals surface area contributed by atoms with Crippen molar-refractivity contribution in [2.45, 2.75) is 69.9 Å². The minimum Gasteiger partial charge on any atom is -0.338 e. The molecule has 0 atom stereocenters. The van der Waals surface area contributed by atoms with E-state index in [4.69, 9.17) is 5.10 Å². The zero-order valence-electron chi connectivity index (χ0n) is 17.7. The highest BCUT2D eigenvalue weighted by molar-refractivity contribution is 5.95. The fourth-order valence-corrected chi connectivity index (χ4v) is 5.28. The van der Waals surface area contributed by atoms with Crippen LogP contribution in [0.4, 0.5) is 0 Å². The van der Waals surface area contributed by atoms with Crippen LogP contribution in [0.25, 0.3) is 0 Å². The summed E-state index contributed by atoms with van der Waals surface area (Å²) >= 11 is 0. The van der Waals surface area contributed by atoms with E-state index < -0.39 is 0 Å². The minimum absolute atomic E-state index is 0. The molecule has 0 spiro atoms. The quantitative estimate of drug-likeness (QED) is 0.804. The molecular formula is C21H32ClN7O. The summed E-state index contributed by atoms with van der Waals surface area (Å²) in [6.45, 7) is 4.28. The third kappa shape index (κ3) is 3.99. The number of fused-ring (bicyclic) bond motifs is 1. The Bertz CT molecular complexity index is 878. The summed E-state index contributed by atoms with van der Waals surface area (Å²) in [5.74, 6) is 3.14. The molecule has 2 aromatic heterocycles. The van der Waals surface area contributed by atoms with E-state index in [1.54, 1.807) is 0 Å². The summed E-state index contributed by atoms with van der Waals surface area (Å²) in [6.07, 6.45) is 9.96. The fourth-order valence-electron chi connectivity index (χ4n) is 5.28. The van der Waals surface area contributed by atoms with Crippen molar-refractivity contribution in [3.63, 3.8) is 0 Å². The van der Waals surface area contributed by atoms with Crippen molar-refractivity contribution in [2.24, 2.45) is 7.05 Å². The monoisotopic (exact) mass is 433 g/mol. The van der Waals surface area contributed by atoms with Crippen molar-refractivity contribution in [1.29, 1.82) is 0 Å². The maximum Gasteiger partial charge on any atom is 0.257 e. The Morgan fingerprint density at radius 3 is 2.57 bits per heavy atom. The number of carbonyl (C=O) groups is 1. The van der Waals surface area contributed by atoms with Gasteiger partial charge in [0.15, 0.2) is 0 Å². The molecule has 1 N–H and O–H groups in total. The van der Waals surface area contributed by atoms with Gasteiger partial charge in [-0.1, -0.05) is 19.3 Å². The first-order chi connectivity index (χ1) is 14.2. The molecule has 30 heavy (non-hydrogen) atoms. The van der Waals surface area contributed by atoms with Gasteiger partial charge in [-0.25, -0.2) is 0 Å². The summed E-state index contributed by atoms with van der Waals surface area (Å²) in [7, 11) is 1.93. The van der Waals surface area contributed by atoms with Gasteiger partial charge in [0.2, 0.25) is 0 Å². The molecule has 2 aliphatic heterocycles. The van der Waals surface area contributed by atoms with Crippen LogP contribution >= 0.6 is 12.4 Å². The molecule has 2 fully saturated rings. The van der Waals surface area contributed by atoms with Crippen LogP contribution in [0.2, 0.25) is 0 Å².